The van der Waals surface area contributed by atoms with Crippen LogP contribution in [-0.2, 0) is 6.42 Å². The van der Waals surface area contributed by atoms with E-state index in [4.69, 9.17) is 0 Å². The molecule has 0 saturated heterocycles. The van der Waals surface area contributed by atoms with Crippen LogP contribution in [0.3, 0.4) is 0 Å². The summed E-state index contributed by atoms with van der Waals surface area (Å²) in [6, 6.07) is 10.6. The Bertz CT molecular complexity index is 627. The first-order valence-corrected chi connectivity index (χ1v) is 15.7. The second-order valence-corrected chi connectivity index (χ2v) is 22.5. The van der Waals surface area contributed by atoms with E-state index in [1.807, 2.05) is 0 Å². The van der Waals surface area contributed by atoms with Gasteiger partial charge in [-0.15, -0.1) is 0 Å². The van der Waals surface area contributed by atoms with Crippen molar-refractivity contribution < 1.29 is 0 Å². The molecule has 2 unspecified atom stereocenters. The van der Waals surface area contributed by atoms with Crippen LogP contribution in [0.15, 0.2) is 30.3 Å². The van der Waals surface area contributed by atoms with Crippen LogP contribution >= 0.6 is 159 Å². The van der Waals surface area contributed by atoms with Gasteiger partial charge in [0.1, 0.15) is 12.9 Å². The molecule has 2 rings (SSSR count). The lowest BCUT2D eigenvalue weighted by molar-refractivity contribution is 0.388. The molecule has 0 bridgehead atoms. The number of aryl methyl sites for hydroxylation is 1. The molecule has 10 heteroatoms. The van der Waals surface area contributed by atoms with E-state index in [0.29, 0.717) is 0 Å². The normalized spacial score (nSPS) is 31.5. The number of benzene rings is 1. The first-order chi connectivity index (χ1) is 11.7. The highest BCUT2D eigenvalue weighted by atomic mass is 79.9. The Morgan fingerprint density at radius 1 is 0.692 bits per heavy atom. The molecule has 1 saturated carbocycles. The van der Waals surface area contributed by atoms with Crippen molar-refractivity contribution in [1.29, 1.82) is 0 Å². The van der Waals surface area contributed by atoms with E-state index in [2.05, 4.69) is 190 Å². The van der Waals surface area contributed by atoms with Gasteiger partial charge in [-0.1, -0.05) is 196 Å². The zero-order valence-corrected chi connectivity index (χ0v) is 28.9. The largest absolute Gasteiger partial charge is 0.134 e. The molecule has 0 aromatic heterocycles. The number of hydrogen-bond donors (Lipinski definition) is 0. The molecule has 148 valence electrons. The first-order valence-electron chi connectivity index (χ1n) is 7.61. The summed E-state index contributed by atoms with van der Waals surface area (Å²) in [6.07, 6.45) is 4.22. The Labute approximate surface area is 239 Å². The van der Waals surface area contributed by atoms with E-state index < -0.39 is 12.9 Å². The van der Waals surface area contributed by atoms with E-state index in [9.17, 15) is 0 Å². The quantitative estimate of drug-likeness (QED) is 0.204. The van der Waals surface area contributed by atoms with Gasteiger partial charge in [-0.25, -0.2) is 0 Å². The van der Waals surface area contributed by atoms with Crippen LogP contribution < -0.4 is 0 Å². The van der Waals surface area contributed by atoms with E-state index in [1.165, 1.54) is 5.56 Å². The molecule has 0 radical (unpaired) electrons. The van der Waals surface area contributed by atoms with Crippen molar-refractivity contribution >= 4 is 159 Å². The van der Waals surface area contributed by atoms with Gasteiger partial charge in [0, 0.05) is 0 Å². The lowest BCUT2D eigenvalue weighted by Crippen LogP contribution is -2.74. The summed E-state index contributed by atoms with van der Waals surface area (Å²) in [6.45, 7) is 0. The maximum absolute atomic E-state index is 4.07. The third kappa shape index (κ3) is 4.42. The number of alkyl halides is 10. The fourth-order valence-electron chi connectivity index (χ4n) is 2.91. The van der Waals surface area contributed by atoms with E-state index >= 15 is 0 Å². The Balaban J connectivity index is 2.21. The Kier molecular flexibility index (Phi) is 9.58. The Hall–Kier alpha value is 4.02. The van der Waals surface area contributed by atoms with Gasteiger partial charge in [-0.2, -0.15) is 0 Å². The second kappa shape index (κ2) is 9.48. The molecule has 1 aromatic rings. The summed E-state index contributed by atoms with van der Waals surface area (Å²) in [7, 11) is 0. The second-order valence-electron chi connectivity index (χ2n) is 6.26. The molecule has 2 atom stereocenters. The Morgan fingerprint density at radius 3 is 1.77 bits per heavy atom. The number of unbranched alkanes of at least 4 members (excludes halogenated alkanes) is 1. The maximum atomic E-state index is 4.07. The summed E-state index contributed by atoms with van der Waals surface area (Å²) in [5.74, 6) is 0. The van der Waals surface area contributed by atoms with E-state index in [-0.39, 0.29) is 9.15 Å². The van der Waals surface area contributed by atoms with Crippen molar-refractivity contribution in [3.63, 3.8) is 0 Å². The van der Waals surface area contributed by atoms with Crippen LogP contribution in [0.2, 0.25) is 0 Å². The average Bonchev–Trinajstić information content (AvgIpc) is 2.57. The first kappa shape index (κ1) is 26.3. The van der Waals surface area contributed by atoms with Gasteiger partial charge in [0.2, 0.25) is 0 Å². The molecule has 1 aliphatic carbocycles. The van der Waals surface area contributed by atoms with Crippen molar-refractivity contribution in [2.75, 3.05) is 0 Å². The van der Waals surface area contributed by atoms with Gasteiger partial charge in [0.05, 0.1) is 9.15 Å². The predicted octanol–water partition coefficient (Wildman–Crippen LogP) is 10.3. The van der Waals surface area contributed by atoms with E-state index in [0.717, 1.165) is 25.7 Å². The van der Waals surface area contributed by atoms with Crippen molar-refractivity contribution in [2.24, 2.45) is 0 Å². The third-order valence-electron chi connectivity index (χ3n) is 4.55. The predicted molar refractivity (Wildman–Crippen MR) is 151 cm³/mol. The molecular weight excluding hydrogens is 991 g/mol. The van der Waals surface area contributed by atoms with Crippen LogP contribution in [0.5, 0.6) is 0 Å². The molecule has 0 N–H and O–H groups in total. The zero-order valence-electron chi connectivity index (χ0n) is 13.1. The third-order valence-corrected chi connectivity index (χ3v) is 26.3. The van der Waals surface area contributed by atoms with Crippen LogP contribution in [-0.4, -0.2) is 22.1 Å². The van der Waals surface area contributed by atoms with Crippen LogP contribution in [0.25, 0.3) is 0 Å². The summed E-state index contributed by atoms with van der Waals surface area (Å²) in [5, 5.41) is 0. The fraction of sp³-hybridized carbons (Fsp3) is 0.625. The molecule has 1 aliphatic rings. The topological polar surface area (TPSA) is 0 Å². The molecular formula is C16H14Br10. The van der Waals surface area contributed by atoms with Crippen LogP contribution in [0, 0.1) is 0 Å². The minimum Gasteiger partial charge on any atom is -0.0849 e. The van der Waals surface area contributed by atoms with Gasteiger partial charge in [0.25, 0.3) is 0 Å². The van der Waals surface area contributed by atoms with Gasteiger partial charge in [0.15, 0.2) is 0 Å². The smallest absolute Gasteiger partial charge is 0.0849 e. The number of hydrogen-bond acceptors (Lipinski definition) is 0. The maximum Gasteiger partial charge on any atom is 0.134 e. The van der Waals surface area contributed by atoms with E-state index in [1.54, 1.807) is 0 Å². The monoisotopic (exact) mass is 995 g/mol. The minimum absolute atomic E-state index is 0.0138. The SMILES string of the molecule is BrC1C(Br)(Br)C(Br)(Br)C(Br)(Br)C(Br)(Br)C1(Br)CCCCc1ccccc1. The van der Waals surface area contributed by atoms with Crippen molar-refractivity contribution in [3.05, 3.63) is 35.9 Å². The van der Waals surface area contributed by atoms with Crippen molar-refractivity contribution in [3.8, 4) is 0 Å². The molecule has 1 fully saturated rings. The fourth-order valence-corrected chi connectivity index (χ4v) is 14.5. The zero-order chi connectivity index (χ0) is 20.0. The summed E-state index contributed by atoms with van der Waals surface area (Å²) < 4.78 is -2.54. The Morgan fingerprint density at radius 2 is 1.23 bits per heavy atom. The molecule has 0 nitrogen and oxygen atoms in total. The lowest BCUT2D eigenvalue weighted by atomic mass is 9.84. The highest BCUT2D eigenvalue weighted by Gasteiger charge is 2.79. The molecule has 0 spiro atoms. The van der Waals surface area contributed by atoms with Gasteiger partial charge < -0.3 is 0 Å². The molecule has 0 aliphatic heterocycles. The van der Waals surface area contributed by atoms with Crippen LogP contribution in [0.1, 0.15) is 24.8 Å². The molecule has 26 heavy (non-hydrogen) atoms. The molecule has 0 amide bonds. The number of rotatable bonds is 5. The summed E-state index contributed by atoms with van der Waals surface area (Å²) >= 11 is 39.1. The highest BCUT2D eigenvalue weighted by molar-refractivity contribution is 9.35. The molecule has 1 aromatic carbocycles. The van der Waals surface area contributed by atoms with Crippen molar-refractivity contribution in [1.82, 2.24) is 0 Å². The van der Waals surface area contributed by atoms with Crippen molar-refractivity contribution in [2.45, 2.75) is 47.8 Å². The van der Waals surface area contributed by atoms with Gasteiger partial charge in [-0.05, 0) is 24.8 Å². The van der Waals surface area contributed by atoms with Gasteiger partial charge >= 0.3 is 0 Å². The van der Waals surface area contributed by atoms with Gasteiger partial charge in [-0.3, -0.25) is 0 Å². The minimum atomic E-state index is -0.597. The number of halogens is 10. The lowest BCUT2D eigenvalue weighted by Gasteiger charge is -2.63. The highest BCUT2D eigenvalue weighted by Crippen LogP contribution is 2.77. The molecule has 0 heterocycles. The average molecular weight is 1010 g/mol. The summed E-state index contributed by atoms with van der Waals surface area (Å²) in [5.41, 5.74) is 1.38. The summed E-state index contributed by atoms with van der Waals surface area (Å²) in [4.78, 5) is 0.0138. The van der Waals surface area contributed by atoms with Crippen LogP contribution in [0.4, 0.5) is 0 Å². The standard InChI is InChI=1S/C16H14Br10/c17-11-12(18,9-5-4-8-10-6-2-1-3-7-10)14(21,22)16(25,26)15(23,24)13(11,19)20/h1-3,6-7,11H,4-5,8-9H2.